The third-order valence-electron chi connectivity index (χ3n) is 2.97. The lowest BCUT2D eigenvalue weighted by molar-refractivity contribution is -0.146. The van der Waals surface area contributed by atoms with Crippen LogP contribution in [0.4, 0.5) is 0 Å². The number of carbonyl (C=O) groups excluding carboxylic acids is 2. The fourth-order valence-corrected chi connectivity index (χ4v) is 1.90. The molecular weight excluding hydrogens is 261 g/mol. The molecule has 7 heteroatoms. The number of hydrogen-bond donors (Lipinski definition) is 1. The van der Waals surface area contributed by atoms with Gasteiger partial charge in [-0.15, -0.1) is 0 Å². The quantitative estimate of drug-likeness (QED) is 0.772. The van der Waals surface area contributed by atoms with Crippen molar-refractivity contribution in [1.82, 2.24) is 4.90 Å². The van der Waals surface area contributed by atoms with E-state index in [0.29, 0.717) is 5.56 Å². The highest BCUT2D eigenvalue weighted by Crippen LogP contribution is 2.19. The zero-order valence-corrected chi connectivity index (χ0v) is 11.4. The molecule has 1 aromatic rings. The molecule has 1 aliphatic rings. The van der Waals surface area contributed by atoms with Crippen molar-refractivity contribution in [2.45, 2.75) is 12.9 Å². The minimum absolute atomic E-state index is 0.0216. The Labute approximate surface area is 117 Å². The third kappa shape index (κ3) is 3.58. The van der Waals surface area contributed by atoms with Crippen LogP contribution in [0.25, 0.3) is 0 Å². The molecule has 6 nitrogen and oxygen atoms in total. The highest BCUT2D eigenvalue weighted by atomic mass is 16.6. The molecule has 1 saturated heterocycles. The molecule has 1 N–H and O–H groups in total. The van der Waals surface area contributed by atoms with E-state index in [-0.39, 0.29) is 13.1 Å². The minimum atomic E-state index is -1.31. The Morgan fingerprint density at radius 3 is 2.15 bits per heavy atom. The smallest absolute Gasteiger partial charge is 0.496 e. The molecule has 0 amide bonds. The zero-order valence-electron chi connectivity index (χ0n) is 11.4. The molecule has 2 rings (SSSR count). The molecular formula is C13H16BNO5. The molecule has 0 spiro atoms. The van der Waals surface area contributed by atoms with Crippen molar-refractivity contribution in [2.24, 2.45) is 0 Å². The van der Waals surface area contributed by atoms with E-state index >= 15 is 0 Å². The molecule has 1 atom stereocenters. The van der Waals surface area contributed by atoms with Crippen LogP contribution in [-0.4, -0.2) is 49.2 Å². The molecule has 1 aliphatic heterocycles. The van der Waals surface area contributed by atoms with Crippen molar-refractivity contribution in [2.75, 3.05) is 20.1 Å². The first-order valence-corrected chi connectivity index (χ1v) is 6.28. The molecule has 1 unspecified atom stereocenters. The van der Waals surface area contributed by atoms with Gasteiger partial charge in [0.05, 0.1) is 13.1 Å². The predicted octanol–water partition coefficient (Wildman–Crippen LogP) is 0.0876. The van der Waals surface area contributed by atoms with Gasteiger partial charge < -0.3 is 14.4 Å². The van der Waals surface area contributed by atoms with Crippen molar-refractivity contribution >= 4 is 19.1 Å². The van der Waals surface area contributed by atoms with Crippen LogP contribution in [-0.2, 0) is 18.9 Å². The summed E-state index contributed by atoms with van der Waals surface area (Å²) in [4.78, 5) is 24.7. The largest absolute Gasteiger partial charge is 0.634 e. The first kappa shape index (κ1) is 14.6. The van der Waals surface area contributed by atoms with Gasteiger partial charge in [0.1, 0.15) is 6.00 Å². The SMILES string of the molecule is Cc1ccc(C(O)B2OC(=O)CN(C)CC(=O)O2)cc1. The van der Waals surface area contributed by atoms with E-state index in [1.807, 2.05) is 19.1 Å². The molecule has 0 bridgehead atoms. The number of aliphatic hydroxyl groups is 1. The third-order valence-corrected chi connectivity index (χ3v) is 2.97. The number of aryl methyl sites for hydroxylation is 1. The molecule has 0 aliphatic carbocycles. The molecule has 20 heavy (non-hydrogen) atoms. The lowest BCUT2D eigenvalue weighted by Crippen LogP contribution is -2.45. The summed E-state index contributed by atoms with van der Waals surface area (Å²) in [5.74, 6) is -1.09. The lowest BCUT2D eigenvalue weighted by atomic mass is 9.76. The number of aliphatic hydroxyl groups excluding tert-OH is 1. The summed E-state index contributed by atoms with van der Waals surface area (Å²) in [6.07, 6.45) is 0. The van der Waals surface area contributed by atoms with Gasteiger partial charge in [-0.05, 0) is 19.5 Å². The number of likely N-dealkylation sites (N-methyl/N-ethyl adjacent to an activating group) is 1. The monoisotopic (exact) mass is 277 g/mol. The van der Waals surface area contributed by atoms with Crippen LogP contribution in [0, 0.1) is 6.92 Å². The normalized spacial score (nSPS) is 18.9. The highest BCUT2D eigenvalue weighted by Gasteiger charge is 2.39. The van der Waals surface area contributed by atoms with Gasteiger partial charge in [0.25, 0.3) is 0 Å². The van der Waals surface area contributed by atoms with Crippen molar-refractivity contribution in [1.29, 1.82) is 0 Å². The Kier molecular flexibility index (Phi) is 4.41. The van der Waals surface area contributed by atoms with Gasteiger partial charge >= 0.3 is 19.1 Å². The Bertz CT molecular complexity index is 484. The second-order valence-corrected chi connectivity index (χ2v) is 4.88. The maximum Gasteiger partial charge on any atom is 0.634 e. The van der Waals surface area contributed by atoms with Crippen LogP contribution in [0.5, 0.6) is 0 Å². The predicted molar refractivity (Wildman–Crippen MR) is 71.6 cm³/mol. The van der Waals surface area contributed by atoms with Gasteiger partial charge in [-0.25, -0.2) is 0 Å². The van der Waals surface area contributed by atoms with Gasteiger partial charge in [-0.3, -0.25) is 14.5 Å². The van der Waals surface area contributed by atoms with Crippen LogP contribution < -0.4 is 0 Å². The average molecular weight is 277 g/mol. The van der Waals surface area contributed by atoms with E-state index < -0.39 is 25.1 Å². The Hall–Kier alpha value is -1.86. The van der Waals surface area contributed by atoms with Gasteiger partial charge in [0.15, 0.2) is 0 Å². The summed E-state index contributed by atoms with van der Waals surface area (Å²) in [5, 5.41) is 10.2. The first-order valence-electron chi connectivity index (χ1n) is 6.28. The zero-order chi connectivity index (χ0) is 14.7. The molecule has 1 fully saturated rings. The summed E-state index contributed by atoms with van der Waals surface area (Å²) < 4.78 is 10.0. The van der Waals surface area contributed by atoms with E-state index in [4.69, 9.17) is 9.31 Å². The minimum Gasteiger partial charge on any atom is -0.496 e. The molecule has 0 radical (unpaired) electrons. The average Bonchev–Trinajstić information content (AvgIpc) is 2.36. The van der Waals surface area contributed by atoms with Crippen LogP contribution in [0.1, 0.15) is 17.1 Å². The van der Waals surface area contributed by atoms with Crippen LogP contribution >= 0.6 is 0 Å². The summed E-state index contributed by atoms with van der Waals surface area (Å²) >= 11 is 0. The van der Waals surface area contributed by atoms with Crippen LogP contribution in [0.15, 0.2) is 24.3 Å². The second kappa shape index (κ2) is 6.07. The number of rotatable bonds is 2. The van der Waals surface area contributed by atoms with E-state index in [9.17, 15) is 14.7 Å². The molecule has 0 saturated carbocycles. The molecule has 1 aromatic carbocycles. The van der Waals surface area contributed by atoms with E-state index in [1.54, 1.807) is 19.2 Å². The number of nitrogens with zero attached hydrogens (tertiary/aromatic N) is 1. The maximum absolute atomic E-state index is 11.6. The van der Waals surface area contributed by atoms with E-state index in [0.717, 1.165) is 5.56 Å². The molecule has 0 aromatic heterocycles. The summed E-state index contributed by atoms with van der Waals surface area (Å²) in [6, 6.07) is 5.84. The fourth-order valence-electron chi connectivity index (χ4n) is 1.90. The lowest BCUT2D eigenvalue weighted by Gasteiger charge is -2.24. The summed E-state index contributed by atoms with van der Waals surface area (Å²) in [5.41, 5.74) is 1.56. The number of benzene rings is 1. The Morgan fingerprint density at radius 1 is 1.15 bits per heavy atom. The molecule has 1 heterocycles. The standard InChI is InChI=1S/C13H16BNO5/c1-9-3-5-10(6-4-9)13(18)14-19-11(16)7-15(2)8-12(17)20-14/h3-6,13,18H,7-8H2,1-2H3. The van der Waals surface area contributed by atoms with E-state index in [1.165, 1.54) is 4.90 Å². The number of carbonyl (C=O) groups is 2. The van der Waals surface area contributed by atoms with Gasteiger partial charge in [-0.1, -0.05) is 29.8 Å². The summed E-state index contributed by atoms with van der Waals surface area (Å²) in [6.45, 7) is 1.88. The van der Waals surface area contributed by atoms with Crippen molar-refractivity contribution in [3.63, 3.8) is 0 Å². The first-order chi connectivity index (χ1) is 9.45. The van der Waals surface area contributed by atoms with E-state index in [2.05, 4.69) is 0 Å². The number of hydrogen-bond acceptors (Lipinski definition) is 6. The Balaban J connectivity index is 2.14. The highest BCUT2D eigenvalue weighted by molar-refractivity contribution is 6.50. The second-order valence-electron chi connectivity index (χ2n) is 4.88. The maximum atomic E-state index is 11.6. The van der Waals surface area contributed by atoms with Crippen LogP contribution in [0.3, 0.4) is 0 Å². The van der Waals surface area contributed by atoms with Crippen molar-refractivity contribution < 1.29 is 24.0 Å². The molecule has 106 valence electrons. The van der Waals surface area contributed by atoms with Gasteiger partial charge in [0, 0.05) is 0 Å². The van der Waals surface area contributed by atoms with Crippen molar-refractivity contribution in [3.05, 3.63) is 35.4 Å². The Morgan fingerprint density at radius 2 is 1.65 bits per heavy atom. The van der Waals surface area contributed by atoms with Crippen molar-refractivity contribution in [3.8, 4) is 0 Å². The van der Waals surface area contributed by atoms with Crippen LogP contribution in [0.2, 0.25) is 0 Å². The fraction of sp³-hybridized carbons (Fsp3) is 0.385. The topological polar surface area (TPSA) is 76.1 Å². The van der Waals surface area contributed by atoms with Gasteiger partial charge in [-0.2, -0.15) is 0 Å². The van der Waals surface area contributed by atoms with Gasteiger partial charge in [0.2, 0.25) is 0 Å². The summed E-state index contributed by atoms with van der Waals surface area (Å²) in [7, 11) is 0.297.